The van der Waals surface area contributed by atoms with Crippen LogP contribution >= 0.6 is 12.2 Å². The number of hydrogen-bond acceptors (Lipinski definition) is 2. The summed E-state index contributed by atoms with van der Waals surface area (Å²) in [5.41, 5.74) is 2.57. The zero-order valence-corrected chi connectivity index (χ0v) is 6.91. The van der Waals surface area contributed by atoms with E-state index in [-0.39, 0.29) is 0 Å². The van der Waals surface area contributed by atoms with Crippen LogP contribution < -0.4 is 11.3 Å². The van der Waals surface area contributed by atoms with Crippen LogP contribution in [0.15, 0.2) is 0 Å². The standard InChI is InChI=1S/C7H14N2S/c8-9-7(10)6-4-2-1-3-5-6/h6H,1-5,8H2,(H,9,10). The maximum Gasteiger partial charge on any atom is 0.0924 e. The minimum atomic E-state index is 0.564. The van der Waals surface area contributed by atoms with Gasteiger partial charge in [0.25, 0.3) is 0 Å². The topological polar surface area (TPSA) is 38.0 Å². The van der Waals surface area contributed by atoms with Gasteiger partial charge < -0.3 is 5.43 Å². The molecular formula is C7H14N2S. The Morgan fingerprint density at radius 2 is 1.90 bits per heavy atom. The van der Waals surface area contributed by atoms with Gasteiger partial charge in [0, 0.05) is 5.92 Å². The minimum absolute atomic E-state index is 0.564. The van der Waals surface area contributed by atoms with Gasteiger partial charge in [-0.05, 0) is 12.8 Å². The lowest BCUT2D eigenvalue weighted by molar-refractivity contribution is 0.436. The number of hydrazine groups is 1. The van der Waals surface area contributed by atoms with Crippen molar-refractivity contribution in [1.29, 1.82) is 0 Å². The second-order valence-corrected chi connectivity index (χ2v) is 3.28. The van der Waals surface area contributed by atoms with Crippen LogP contribution in [0.5, 0.6) is 0 Å². The van der Waals surface area contributed by atoms with Crippen LogP contribution in [0.2, 0.25) is 0 Å². The number of nitrogens with one attached hydrogen (secondary N) is 1. The molecule has 1 saturated carbocycles. The van der Waals surface area contributed by atoms with Gasteiger partial charge in [-0.15, -0.1) is 0 Å². The third-order valence-corrected chi connectivity index (χ3v) is 2.57. The van der Waals surface area contributed by atoms with E-state index in [0.717, 1.165) is 4.99 Å². The normalized spacial score (nSPS) is 20.5. The minimum Gasteiger partial charge on any atom is -0.318 e. The first kappa shape index (κ1) is 7.95. The third kappa shape index (κ3) is 1.92. The molecule has 1 aliphatic rings. The molecule has 58 valence electrons. The summed E-state index contributed by atoms with van der Waals surface area (Å²) in [4.78, 5) is 0.847. The molecule has 1 fully saturated rings. The second-order valence-electron chi connectivity index (χ2n) is 2.84. The average molecular weight is 158 g/mol. The van der Waals surface area contributed by atoms with Gasteiger partial charge in [0.2, 0.25) is 0 Å². The van der Waals surface area contributed by atoms with Crippen molar-refractivity contribution in [3.8, 4) is 0 Å². The van der Waals surface area contributed by atoms with E-state index in [2.05, 4.69) is 5.43 Å². The maximum atomic E-state index is 5.21. The molecule has 0 heterocycles. The molecule has 0 bridgehead atoms. The molecule has 0 aromatic carbocycles. The first-order chi connectivity index (χ1) is 4.84. The Labute approximate surface area is 67.1 Å². The molecule has 3 N–H and O–H groups in total. The van der Waals surface area contributed by atoms with Gasteiger partial charge in [0.05, 0.1) is 4.99 Å². The molecule has 10 heavy (non-hydrogen) atoms. The van der Waals surface area contributed by atoms with Gasteiger partial charge in [-0.25, -0.2) is 0 Å². The number of rotatable bonds is 1. The van der Waals surface area contributed by atoms with E-state index < -0.39 is 0 Å². The Bertz CT molecular complexity index is 119. The molecular weight excluding hydrogens is 144 g/mol. The Kier molecular flexibility index (Phi) is 3.09. The lowest BCUT2D eigenvalue weighted by Crippen LogP contribution is -2.35. The molecule has 3 heteroatoms. The van der Waals surface area contributed by atoms with Crippen LogP contribution in [0.3, 0.4) is 0 Å². The highest BCUT2D eigenvalue weighted by Crippen LogP contribution is 2.23. The summed E-state index contributed by atoms with van der Waals surface area (Å²) in [6, 6.07) is 0. The third-order valence-electron chi connectivity index (χ3n) is 2.12. The van der Waals surface area contributed by atoms with Crippen LogP contribution in [0.1, 0.15) is 32.1 Å². The highest BCUT2D eigenvalue weighted by Gasteiger charge is 2.16. The van der Waals surface area contributed by atoms with Gasteiger partial charge >= 0.3 is 0 Å². The first-order valence-electron chi connectivity index (χ1n) is 3.85. The number of thiocarbonyl (C=S) groups is 1. The fourth-order valence-electron chi connectivity index (χ4n) is 1.48. The van der Waals surface area contributed by atoms with Crippen molar-refractivity contribution >= 4 is 17.2 Å². The molecule has 2 nitrogen and oxygen atoms in total. The average Bonchev–Trinajstić information content (AvgIpc) is 2.05. The zero-order valence-electron chi connectivity index (χ0n) is 6.10. The summed E-state index contributed by atoms with van der Waals surface area (Å²) in [5, 5.41) is 0. The Morgan fingerprint density at radius 1 is 1.30 bits per heavy atom. The van der Waals surface area contributed by atoms with Gasteiger partial charge in [0.15, 0.2) is 0 Å². The molecule has 0 atom stereocenters. The smallest absolute Gasteiger partial charge is 0.0924 e. The molecule has 0 spiro atoms. The Hall–Kier alpha value is -0.150. The van der Waals surface area contributed by atoms with Crippen LogP contribution in [0, 0.1) is 5.92 Å². The van der Waals surface area contributed by atoms with Crippen LogP contribution in [0.25, 0.3) is 0 Å². The molecule has 1 aliphatic carbocycles. The van der Waals surface area contributed by atoms with E-state index in [4.69, 9.17) is 18.1 Å². The van der Waals surface area contributed by atoms with Crippen molar-refractivity contribution in [2.24, 2.45) is 11.8 Å². The molecule has 0 aromatic heterocycles. The van der Waals surface area contributed by atoms with Crippen molar-refractivity contribution in [2.75, 3.05) is 0 Å². The highest BCUT2D eigenvalue weighted by atomic mass is 32.1. The summed E-state index contributed by atoms with van der Waals surface area (Å²) in [7, 11) is 0. The molecule has 0 aromatic rings. The van der Waals surface area contributed by atoms with E-state index in [9.17, 15) is 0 Å². The van der Waals surface area contributed by atoms with E-state index in [1.165, 1.54) is 32.1 Å². The first-order valence-corrected chi connectivity index (χ1v) is 4.26. The van der Waals surface area contributed by atoms with E-state index >= 15 is 0 Å². The van der Waals surface area contributed by atoms with Crippen LogP contribution in [-0.4, -0.2) is 4.99 Å². The van der Waals surface area contributed by atoms with Gasteiger partial charge in [0.1, 0.15) is 0 Å². The zero-order chi connectivity index (χ0) is 7.40. The van der Waals surface area contributed by atoms with Crippen LogP contribution in [-0.2, 0) is 0 Å². The molecule has 0 aliphatic heterocycles. The SMILES string of the molecule is NNC(=S)C1CCCCC1. The molecule has 1 rings (SSSR count). The number of nitrogens with two attached hydrogens (primary N) is 1. The fourth-order valence-corrected chi connectivity index (χ4v) is 1.72. The summed E-state index contributed by atoms with van der Waals surface area (Å²) >= 11 is 5.04. The van der Waals surface area contributed by atoms with E-state index in [1.54, 1.807) is 0 Å². The summed E-state index contributed by atoms with van der Waals surface area (Å²) < 4.78 is 0. The van der Waals surface area contributed by atoms with Crippen molar-refractivity contribution < 1.29 is 0 Å². The number of hydrogen-bond donors (Lipinski definition) is 2. The molecule has 0 saturated heterocycles. The van der Waals surface area contributed by atoms with Crippen molar-refractivity contribution in [3.63, 3.8) is 0 Å². The van der Waals surface area contributed by atoms with Crippen molar-refractivity contribution in [2.45, 2.75) is 32.1 Å². The van der Waals surface area contributed by atoms with Gasteiger partial charge in [-0.1, -0.05) is 31.5 Å². The van der Waals surface area contributed by atoms with E-state index in [1.807, 2.05) is 0 Å². The fraction of sp³-hybridized carbons (Fsp3) is 0.857. The molecule has 0 radical (unpaired) electrons. The largest absolute Gasteiger partial charge is 0.318 e. The monoisotopic (exact) mass is 158 g/mol. The summed E-state index contributed by atoms with van der Waals surface area (Å²) in [5.74, 6) is 5.78. The summed E-state index contributed by atoms with van der Waals surface area (Å²) in [6.07, 6.45) is 6.44. The van der Waals surface area contributed by atoms with Crippen LogP contribution in [0.4, 0.5) is 0 Å². The van der Waals surface area contributed by atoms with E-state index in [0.29, 0.717) is 5.92 Å². The van der Waals surface area contributed by atoms with Crippen molar-refractivity contribution in [1.82, 2.24) is 5.43 Å². The van der Waals surface area contributed by atoms with Gasteiger partial charge in [-0.2, -0.15) is 0 Å². The lowest BCUT2D eigenvalue weighted by Gasteiger charge is -2.21. The second kappa shape index (κ2) is 3.88. The van der Waals surface area contributed by atoms with Gasteiger partial charge in [-0.3, -0.25) is 5.84 Å². The summed E-state index contributed by atoms with van der Waals surface area (Å²) in [6.45, 7) is 0. The predicted octanol–water partition coefficient (Wildman–Crippen LogP) is 1.36. The maximum absolute atomic E-state index is 5.21. The quantitative estimate of drug-likeness (QED) is 0.344. The highest BCUT2D eigenvalue weighted by molar-refractivity contribution is 7.80. The lowest BCUT2D eigenvalue weighted by atomic mass is 9.89. The Morgan fingerprint density at radius 3 is 2.40 bits per heavy atom. The predicted molar refractivity (Wildman–Crippen MR) is 46.5 cm³/mol. The Balaban J connectivity index is 2.31. The molecule has 0 unspecified atom stereocenters. The molecule has 0 amide bonds. The van der Waals surface area contributed by atoms with Crippen molar-refractivity contribution in [3.05, 3.63) is 0 Å².